The van der Waals surface area contributed by atoms with Gasteiger partial charge in [-0.25, -0.2) is 0 Å². The number of ether oxygens (including phenoxy) is 2. The third kappa shape index (κ3) is 6.78. The highest BCUT2D eigenvalue weighted by molar-refractivity contribution is 9.10. The number of hydrogen-bond donors (Lipinski definition) is 1. The van der Waals surface area contributed by atoms with Crippen molar-refractivity contribution in [2.45, 2.75) is 26.2 Å². The number of benzene rings is 2. The molecule has 0 aliphatic rings. The molecule has 0 radical (unpaired) electrons. The minimum absolute atomic E-state index is 0.0579. The van der Waals surface area contributed by atoms with Gasteiger partial charge in [-0.1, -0.05) is 18.2 Å². The summed E-state index contributed by atoms with van der Waals surface area (Å²) in [5.41, 5.74) is 2.28. The molecule has 0 aromatic heterocycles. The average molecular weight is 406 g/mol. The Kier molecular flexibility index (Phi) is 7.79. The van der Waals surface area contributed by atoms with E-state index in [1.165, 1.54) is 5.56 Å². The van der Waals surface area contributed by atoms with Crippen LogP contribution < -0.4 is 14.8 Å². The number of hydrogen-bond acceptors (Lipinski definition) is 3. The normalized spacial score (nSPS) is 10.4. The number of halogens is 1. The van der Waals surface area contributed by atoms with E-state index in [0.717, 1.165) is 28.0 Å². The summed E-state index contributed by atoms with van der Waals surface area (Å²) in [5, 5.41) is 2.93. The van der Waals surface area contributed by atoms with Crippen molar-refractivity contribution >= 4 is 21.8 Å². The van der Waals surface area contributed by atoms with Crippen molar-refractivity contribution in [3.63, 3.8) is 0 Å². The Balaban J connectivity index is 1.61. The van der Waals surface area contributed by atoms with Crippen molar-refractivity contribution in [2.24, 2.45) is 0 Å². The largest absolute Gasteiger partial charge is 0.496 e. The Morgan fingerprint density at radius 2 is 2.04 bits per heavy atom. The van der Waals surface area contributed by atoms with Crippen molar-refractivity contribution in [3.8, 4) is 11.5 Å². The number of amides is 1. The van der Waals surface area contributed by atoms with Crippen LogP contribution in [0.2, 0.25) is 0 Å². The van der Waals surface area contributed by atoms with E-state index in [1.807, 2.05) is 49.4 Å². The summed E-state index contributed by atoms with van der Waals surface area (Å²) in [6.45, 7) is 3.25. The van der Waals surface area contributed by atoms with E-state index < -0.39 is 0 Å². The van der Waals surface area contributed by atoms with Crippen molar-refractivity contribution in [1.82, 2.24) is 5.32 Å². The average Bonchev–Trinajstić information content (AvgIpc) is 2.60. The molecule has 25 heavy (non-hydrogen) atoms. The van der Waals surface area contributed by atoms with Gasteiger partial charge in [-0.15, -0.1) is 0 Å². The summed E-state index contributed by atoms with van der Waals surface area (Å²) in [5.74, 6) is 1.72. The first-order valence-corrected chi connectivity index (χ1v) is 9.16. The maximum absolute atomic E-state index is 11.9. The van der Waals surface area contributed by atoms with Gasteiger partial charge in [-0.3, -0.25) is 4.79 Å². The number of carbonyl (C=O) groups excluding carboxylic acids is 1. The lowest BCUT2D eigenvalue weighted by Crippen LogP contribution is -2.25. The number of methoxy groups -OCH3 is 1. The molecule has 2 aromatic rings. The summed E-state index contributed by atoms with van der Waals surface area (Å²) in [7, 11) is 1.63. The molecule has 0 saturated carbocycles. The molecule has 134 valence electrons. The van der Waals surface area contributed by atoms with E-state index in [9.17, 15) is 4.79 Å². The van der Waals surface area contributed by atoms with Gasteiger partial charge in [-0.05, 0) is 71.1 Å². The molecule has 4 nitrogen and oxygen atoms in total. The minimum atomic E-state index is 0.0579. The predicted octanol–water partition coefficient (Wildman–Crippen LogP) is 4.28. The lowest BCUT2D eigenvalue weighted by Gasteiger charge is -2.09. The Labute approximate surface area is 157 Å². The molecule has 0 atom stereocenters. The van der Waals surface area contributed by atoms with Crippen LogP contribution in [-0.4, -0.2) is 26.2 Å². The fourth-order valence-electron chi connectivity index (χ4n) is 2.41. The molecule has 2 rings (SSSR count). The van der Waals surface area contributed by atoms with Crippen molar-refractivity contribution < 1.29 is 14.3 Å². The van der Waals surface area contributed by atoms with Crippen LogP contribution in [0, 0.1) is 6.92 Å². The molecule has 0 aliphatic carbocycles. The van der Waals surface area contributed by atoms with Crippen LogP contribution in [0.25, 0.3) is 0 Å². The topological polar surface area (TPSA) is 47.6 Å². The van der Waals surface area contributed by atoms with Crippen LogP contribution in [0.1, 0.15) is 24.0 Å². The van der Waals surface area contributed by atoms with Gasteiger partial charge in [0.15, 0.2) is 0 Å². The first kappa shape index (κ1) is 19.3. The molecule has 0 spiro atoms. The van der Waals surface area contributed by atoms with Crippen molar-refractivity contribution in [3.05, 3.63) is 58.1 Å². The van der Waals surface area contributed by atoms with Crippen LogP contribution in [0.15, 0.2) is 46.9 Å². The monoisotopic (exact) mass is 405 g/mol. The molecule has 0 bridgehead atoms. The highest BCUT2D eigenvalue weighted by Gasteiger charge is 2.05. The Bertz CT molecular complexity index is 703. The molecular formula is C20H24BrNO3. The Hall–Kier alpha value is -2.01. The predicted molar refractivity (Wildman–Crippen MR) is 103 cm³/mol. The Morgan fingerprint density at radius 1 is 1.20 bits per heavy atom. The molecular weight excluding hydrogens is 382 g/mol. The van der Waals surface area contributed by atoms with Gasteiger partial charge >= 0.3 is 0 Å². The summed E-state index contributed by atoms with van der Waals surface area (Å²) < 4.78 is 11.8. The molecule has 2 aromatic carbocycles. The number of carbonyl (C=O) groups is 1. The lowest BCUT2D eigenvalue weighted by molar-refractivity contribution is -0.121. The molecule has 0 unspecified atom stereocenters. The number of nitrogens with one attached hydrogen (secondary N) is 1. The molecule has 5 heteroatoms. The first-order valence-electron chi connectivity index (χ1n) is 8.37. The van der Waals surface area contributed by atoms with Gasteiger partial charge < -0.3 is 14.8 Å². The fraction of sp³-hybridized carbons (Fsp3) is 0.350. The van der Waals surface area contributed by atoms with Crippen LogP contribution >= 0.6 is 15.9 Å². The molecule has 1 N–H and O–H groups in total. The Morgan fingerprint density at radius 3 is 2.76 bits per heavy atom. The second kappa shape index (κ2) is 10.1. The van der Waals surface area contributed by atoms with Gasteiger partial charge in [0.05, 0.1) is 18.2 Å². The SMILES string of the molecule is COc1ccc(CCC(=O)NCCCOc2cccc(C)c2)cc1Br. The number of rotatable bonds is 9. The molecule has 0 saturated heterocycles. The van der Waals surface area contributed by atoms with Crippen molar-refractivity contribution in [1.29, 1.82) is 0 Å². The van der Waals surface area contributed by atoms with E-state index in [0.29, 0.717) is 26.0 Å². The first-order chi connectivity index (χ1) is 12.1. The summed E-state index contributed by atoms with van der Waals surface area (Å²) in [4.78, 5) is 11.9. The quantitative estimate of drug-likeness (QED) is 0.633. The van der Waals surface area contributed by atoms with Gasteiger partial charge in [0.2, 0.25) is 5.91 Å². The lowest BCUT2D eigenvalue weighted by atomic mass is 10.1. The van der Waals surface area contributed by atoms with E-state index in [4.69, 9.17) is 9.47 Å². The zero-order valence-corrected chi connectivity index (χ0v) is 16.3. The van der Waals surface area contributed by atoms with E-state index in [2.05, 4.69) is 21.2 Å². The fourth-order valence-corrected chi connectivity index (χ4v) is 2.99. The summed E-state index contributed by atoms with van der Waals surface area (Å²) in [6, 6.07) is 13.8. The van der Waals surface area contributed by atoms with Gasteiger partial charge in [0.1, 0.15) is 11.5 Å². The third-order valence-corrected chi connectivity index (χ3v) is 4.38. The van der Waals surface area contributed by atoms with E-state index in [1.54, 1.807) is 7.11 Å². The third-order valence-electron chi connectivity index (χ3n) is 3.76. The highest BCUT2D eigenvalue weighted by Crippen LogP contribution is 2.25. The van der Waals surface area contributed by atoms with Gasteiger partial charge in [-0.2, -0.15) is 0 Å². The van der Waals surface area contributed by atoms with Crippen LogP contribution in [0.5, 0.6) is 11.5 Å². The van der Waals surface area contributed by atoms with Gasteiger partial charge in [0.25, 0.3) is 0 Å². The van der Waals surface area contributed by atoms with Crippen molar-refractivity contribution in [2.75, 3.05) is 20.3 Å². The molecule has 1 amide bonds. The zero-order valence-electron chi connectivity index (χ0n) is 14.7. The zero-order chi connectivity index (χ0) is 18.1. The molecule has 0 aliphatic heterocycles. The second-order valence-electron chi connectivity index (χ2n) is 5.84. The van der Waals surface area contributed by atoms with E-state index >= 15 is 0 Å². The standard InChI is InChI=1S/C20H24BrNO3/c1-15-5-3-6-17(13-15)25-12-4-11-22-20(23)10-8-16-7-9-19(24-2)18(21)14-16/h3,5-7,9,13-14H,4,8,10-12H2,1-2H3,(H,22,23). The maximum Gasteiger partial charge on any atom is 0.220 e. The summed E-state index contributed by atoms with van der Waals surface area (Å²) >= 11 is 3.46. The van der Waals surface area contributed by atoms with Gasteiger partial charge in [0, 0.05) is 13.0 Å². The number of aryl methyl sites for hydroxylation is 2. The highest BCUT2D eigenvalue weighted by atomic mass is 79.9. The molecule has 0 fully saturated rings. The summed E-state index contributed by atoms with van der Waals surface area (Å²) in [6.07, 6.45) is 1.96. The second-order valence-corrected chi connectivity index (χ2v) is 6.69. The van der Waals surface area contributed by atoms with Crippen LogP contribution in [0.3, 0.4) is 0 Å². The molecule has 0 heterocycles. The minimum Gasteiger partial charge on any atom is -0.496 e. The smallest absolute Gasteiger partial charge is 0.220 e. The van der Waals surface area contributed by atoms with E-state index in [-0.39, 0.29) is 5.91 Å². The van der Waals surface area contributed by atoms with Crippen LogP contribution in [-0.2, 0) is 11.2 Å². The van der Waals surface area contributed by atoms with Crippen LogP contribution in [0.4, 0.5) is 0 Å². The maximum atomic E-state index is 11.9.